The van der Waals surface area contributed by atoms with Gasteiger partial charge in [-0.05, 0) is 20.8 Å². The fourth-order valence-electron chi connectivity index (χ4n) is 1.53. The summed E-state index contributed by atoms with van der Waals surface area (Å²) in [4.78, 5) is 5.20. The molecule has 0 atom stereocenters. The molecule has 0 aliphatic rings. The summed E-state index contributed by atoms with van der Waals surface area (Å²) in [6.45, 7) is 7.02. The zero-order chi connectivity index (χ0) is 15.4. The standard InChI is InChI=1S/C13H21F3N2OS/c1-12(2,3)17-7-10-9(8-19-4)18-11(20-10)5-6-13(14,15)16/h17H,5-8H2,1-4H3. The molecule has 0 spiro atoms. The second-order valence-electron chi connectivity index (χ2n) is 5.63. The predicted octanol–water partition coefficient (Wildman–Crippen LogP) is 3.67. The molecule has 0 unspecified atom stereocenters. The molecule has 0 aliphatic heterocycles. The summed E-state index contributed by atoms with van der Waals surface area (Å²) >= 11 is 1.33. The Bertz CT molecular complexity index is 424. The first kappa shape index (κ1) is 17.4. The van der Waals surface area contributed by atoms with Crippen LogP contribution in [0.25, 0.3) is 0 Å². The van der Waals surface area contributed by atoms with Crippen LogP contribution in [0.1, 0.15) is 42.8 Å². The highest BCUT2D eigenvalue weighted by Gasteiger charge is 2.27. The van der Waals surface area contributed by atoms with Crippen molar-refractivity contribution in [3.63, 3.8) is 0 Å². The van der Waals surface area contributed by atoms with Crippen molar-refractivity contribution in [2.75, 3.05) is 7.11 Å². The molecule has 0 saturated heterocycles. The maximum atomic E-state index is 12.2. The summed E-state index contributed by atoms with van der Waals surface area (Å²) in [5.74, 6) is 0. The first-order chi connectivity index (χ1) is 9.11. The number of rotatable bonds is 6. The van der Waals surface area contributed by atoms with Crippen molar-refractivity contribution in [2.24, 2.45) is 0 Å². The van der Waals surface area contributed by atoms with Gasteiger partial charge in [0.1, 0.15) is 0 Å². The SMILES string of the molecule is COCc1nc(CCC(F)(F)F)sc1CNC(C)(C)C. The summed E-state index contributed by atoms with van der Waals surface area (Å²) in [5.41, 5.74) is 0.673. The third-order valence-corrected chi connectivity index (χ3v) is 3.66. The molecule has 0 amide bonds. The average molecular weight is 310 g/mol. The van der Waals surface area contributed by atoms with E-state index >= 15 is 0 Å². The van der Waals surface area contributed by atoms with Crippen LogP contribution < -0.4 is 5.32 Å². The average Bonchev–Trinajstić information content (AvgIpc) is 2.65. The van der Waals surface area contributed by atoms with E-state index in [0.29, 0.717) is 18.2 Å². The number of alkyl halides is 3. The van der Waals surface area contributed by atoms with E-state index in [1.165, 1.54) is 11.3 Å². The van der Waals surface area contributed by atoms with Crippen LogP contribution in [0.4, 0.5) is 13.2 Å². The molecule has 116 valence electrons. The van der Waals surface area contributed by atoms with E-state index in [2.05, 4.69) is 10.3 Å². The molecule has 1 N–H and O–H groups in total. The van der Waals surface area contributed by atoms with Crippen LogP contribution in [0.15, 0.2) is 0 Å². The van der Waals surface area contributed by atoms with Gasteiger partial charge in [-0.3, -0.25) is 0 Å². The lowest BCUT2D eigenvalue weighted by Gasteiger charge is -2.20. The predicted molar refractivity (Wildman–Crippen MR) is 73.8 cm³/mol. The Balaban J connectivity index is 2.74. The number of hydrogen-bond acceptors (Lipinski definition) is 4. The maximum Gasteiger partial charge on any atom is 0.389 e. The monoisotopic (exact) mass is 310 g/mol. The van der Waals surface area contributed by atoms with E-state index in [0.717, 1.165) is 10.6 Å². The lowest BCUT2D eigenvalue weighted by Crippen LogP contribution is -2.35. The fraction of sp³-hybridized carbons (Fsp3) is 0.769. The molecule has 0 bridgehead atoms. The molecule has 20 heavy (non-hydrogen) atoms. The number of ether oxygens (including phenoxy) is 1. The Morgan fingerprint density at radius 2 is 1.90 bits per heavy atom. The Morgan fingerprint density at radius 3 is 2.40 bits per heavy atom. The van der Waals surface area contributed by atoms with Crippen LogP contribution in [-0.2, 0) is 24.3 Å². The van der Waals surface area contributed by atoms with Gasteiger partial charge in [-0.25, -0.2) is 4.98 Å². The molecular formula is C13H21F3N2OS. The quantitative estimate of drug-likeness (QED) is 0.870. The molecule has 0 radical (unpaired) electrons. The number of aromatic nitrogens is 1. The molecule has 1 aromatic rings. The summed E-state index contributed by atoms with van der Waals surface area (Å²) in [6.07, 6.45) is -5.05. The summed E-state index contributed by atoms with van der Waals surface area (Å²) < 4.78 is 41.8. The molecule has 1 aromatic heterocycles. The Kier molecular flexibility index (Phi) is 5.97. The number of aryl methyl sites for hydroxylation is 1. The van der Waals surface area contributed by atoms with Gasteiger partial charge in [-0.2, -0.15) is 13.2 Å². The van der Waals surface area contributed by atoms with E-state index in [1.807, 2.05) is 20.8 Å². The van der Waals surface area contributed by atoms with E-state index in [4.69, 9.17) is 4.74 Å². The van der Waals surface area contributed by atoms with E-state index < -0.39 is 12.6 Å². The fourth-order valence-corrected chi connectivity index (χ4v) is 2.54. The first-order valence-electron chi connectivity index (χ1n) is 6.39. The summed E-state index contributed by atoms with van der Waals surface area (Å²) in [7, 11) is 1.55. The van der Waals surface area contributed by atoms with Crippen LogP contribution in [0, 0.1) is 0 Å². The highest BCUT2D eigenvalue weighted by atomic mass is 32.1. The topological polar surface area (TPSA) is 34.1 Å². The Morgan fingerprint density at radius 1 is 1.25 bits per heavy atom. The van der Waals surface area contributed by atoms with E-state index in [9.17, 15) is 13.2 Å². The van der Waals surface area contributed by atoms with Crippen molar-refractivity contribution in [1.29, 1.82) is 0 Å². The molecular weight excluding hydrogens is 289 g/mol. The Labute approximate surface area is 121 Å². The zero-order valence-corrected chi connectivity index (χ0v) is 13.0. The van der Waals surface area contributed by atoms with Gasteiger partial charge in [0.2, 0.25) is 0 Å². The normalized spacial score (nSPS) is 12.9. The molecule has 3 nitrogen and oxygen atoms in total. The van der Waals surface area contributed by atoms with E-state index in [-0.39, 0.29) is 12.0 Å². The van der Waals surface area contributed by atoms with Gasteiger partial charge in [-0.15, -0.1) is 11.3 Å². The largest absolute Gasteiger partial charge is 0.389 e. The minimum Gasteiger partial charge on any atom is -0.378 e. The lowest BCUT2D eigenvalue weighted by molar-refractivity contribution is -0.134. The number of nitrogens with zero attached hydrogens (tertiary/aromatic N) is 1. The van der Waals surface area contributed by atoms with Crippen LogP contribution in [-0.4, -0.2) is 23.8 Å². The van der Waals surface area contributed by atoms with Gasteiger partial charge in [-0.1, -0.05) is 0 Å². The van der Waals surface area contributed by atoms with Crippen LogP contribution >= 0.6 is 11.3 Å². The Hall–Kier alpha value is -0.660. The number of thiazole rings is 1. The molecule has 1 rings (SSSR count). The molecule has 0 saturated carbocycles. The van der Waals surface area contributed by atoms with E-state index in [1.54, 1.807) is 7.11 Å². The number of halogens is 3. The third-order valence-electron chi connectivity index (χ3n) is 2.51. The van der Waals surface area contributed by atoms with Crippen molar-refractivity contribution in [3.8, 4) is 0 Å². The number of nitrogens with one attached hydrogen (secondary N) is 1. The number of methoxy groups -OCH3 is 1. The smallest absolute Gasteiger partial charge is 0.378 e. The van der Waals surface area contributed by atoms with Gasteiger partial charge < -0.3 is 10.1 Å². The van der Waals surface area contributed by atoms with Gasteiger partial charge in [0.05, 0.1) is 17.3 Å². The minimum atomic E-state index is -4.14. The molecule has 0 aromatic carbocycles. The zero-order valence-electron chi connectivity index (χ0n) is 12.2. The second kappa shape index (κ2) is 6.87. The van der Waals surface area contributed by atoms with Gasteiger partial charge in [0.15, 0.2) is 0 Å². The second-order valence-corrected chi connectivity index (χ2v) is 6.80. The van der Waals surface area contributed by atoms with Crippen molar-refractivity contribution in [3.05, 3.63) is 15.6 Å². The molecule has 1 heterocycles. The highest BCUT2D eigenvalue weighted by Crippen LogP contribution is 2.26. The van der Waals surface area contributed by atoms with Gasteiger partial charge >= 0.3 is 6.18 Å². The lowest BCUT2D eigenvalue weighted by atomic mass is 10.1. The first-order valence-corrected chi connectivity index (χ1v) is 7.20. The summed E-state index contributed by atoms with van der Waals surface area (Å²) in [6, 6.07) is 0. The maximum absolute atomic E-state index is 12.2. The van der Waals surface area contributed by atoms with Gasteiger partial charge in [0.25, 0.3) is 0 Å². The van der Waals surface area contributed by atoms with Crippen molar-refractivity contribution in [2.45, 2.75) is 58.5 Å². The molecule has 0 fully saturated rings. The molecule has 7 heteroatoms. The van der Waals surface area contributed by atoms with Crippen LogP contribution in [0.3, 0.4) is 0 Å². The molecule has 0 aliphatic carbocycles. The summed E-state index contributed by atoms with van der Waals surface area (Å²) in [5, 5.41) is 3.83. The number of hydrogen-bond donors (Lipinski definition) is 1. The van der Waals surface area contributed by atoms with Crippen molar-refractivity contribution >= 4 is 11.3 Å². The third kappa shape index (κ3) is 6.67. The highest BCUT2D eigenvalue weighted by molar-refractivity contribution is 7.11. The van der Waals surface area contributed by atoms with Crippen LogP contribution in [0.5, 0.6) is 0 Å². The van der Waals surface area contributed by atoms with Crippen molar-refractivity contribution in [1.82, 2.24) is 10.3 Å². The van der Waals surface area contributed by atoms with Crippen LogP contribution in [0.2, 0.25) is 0 Å². The minimum absolute atomic E-state index is 0.0551. The van der Waals surface area contributed by atoms with Crippen molar-refractivity contribution < 1.29 is 17.9 Å². The van der Waals surface area contributed by atoms with Gasteiger partial charge in [0, 0.05) is 36.9 Å².